The van der Waals surface area contributed by atoms with Crippen molar-refractivity contribution in [3.63, 3.8) is 0 Å². The summed E-state index contributed by atoms with van der Waals surface area (Å²) in [5.41, 5.74) is 3.53. The maximum Gasteiger partial charge on any atom is 0.125 e. The van der Waals surface area contributed by atoms with Crippen LogP contribution < -0.4 is 0 Å². The Morgan fingerprint density at radius 1 is 1.06 bits per heavy atom. The SMILES string of the molecule is Cc1nccc(-c2ccc(CC(C)C)cc2)n1. The lowest BCUT2D eigenvalue weighted by molar-refractivity contribution is 0.647. The Kier molecular flexibility index (Phi) is 3.52. The van der Waals surface area contributed by atoms with Crippen LogP contribution in [0.5, 0.6) is 0 Å². The number of aromatic nitrogens is 2. The van der Waals surface area contributed by atoms with E-state index in [0.717, 1.165) is 23.5 Å². The fourth-order valence-electron chi connectivity index (χ4n) is 1.90. The average Bonchev–Trinajstić information content (AvgIpc) is 2.29. The van der Waals surface area contributed by atoms with Gasteiger partial charge in [0.15, 0.2) is 0 Å². The maximum atomic E-state index is 4.42. The lowest BCUT2D eigenvalue weighted by atomic mass is 10.0. The van der Waals surface area contributed by atoms with Gasteiger partial charge in [0.25, 0.3) is 0 Å². The highest BCUT2D eigenvalue weighted by Crippen LogP contribution is 2.18. The largest absolute Gasteiger partial charge is 0.242 e. The molecule has 2 nitrogen and oxygen atoms in total. The Labute approximate surface area is 103 Å². The summed E-state index contributed by atoms with van der Waals surface area (Å²) in [6.45, 7) is 6.39. The molecular weight excluding hydrogens is 208 g/mol. The first-order valence-electron chi connectivity index (χ1n) is 6.04. The topological polar surface area (TPSA) is 25.8 Å². The normalized spacial score (nSPS) is 10.8. The standard InChI is InChI=1S/C15H18N2/c1-11(2)10-13-4-6-14(7-5-13)15-8-9-16-12(3)17-15/h4-9,11H,10H2,1-3H3. The number of hydrogen-bond donors (Lipinski definition) is 0. The van der Waals surface area contributed by atoms with Crippen molar-refractivity contribution in [3.05, 3.63) is 47.9 Å². The van der Waals surface area contributed by atoms with E-state index >= 15 is 0 Å². The molecule has 0 radical (unpaired) electrons. The third-order valence-electron chi connectivity index (χ3n) is 2.67. The molecule has 1 aromatic heterocycles. The molecule has 0 N–H and O–H groups in total. The Morgan fingerprint density at radius 3 is 2.35 bits per heavy atom. The van der Waals surface area contributed by atoms with Gasteiger partial charge in [-0.3, -0.25) is 0 Å². The van der Waals surface area contributed by atoms with Crippen molar-refractivity contribution < 1.29 is 0 Å². The molecule has 0 saturated carbocycles. The molecule has 0 atom stereocenters. The Hall–Kier alpha value is -1.70. The molecule has 0 spiro atoms. The molecule has 0 aliphatic heterocycles. The van der Waals surface area contributed by atoms with Gasteiger partial charge in [0.2, 0.25) is 0 Å². The monoisotopic (exact) mass is 226 g/mol. The van der Waals surface area contributed by atoms with Crippen LogP contribution in [0, 0.1) is 12.8 Å². The van der Waals surface area contributed by atoms with Gasteiger partial charge in [0.1, 0.15) is 5.82 Å². The summed E-state index contributed by atoms with van der Waals surface area (Å²) in [5.74, 6) is 1.51. The summed E-state index contributed by atoms with van der Waals surface area (Å²) >= 11 is 0. The van der Waals surface area contributed by atoms with E-state index in [1.54, 1.807) is 6.20 Å². The summed E-state index contributed by atoms with van der Waals surface area (Å²) < 4.78 is 0. The molecule has 17 heavy (non-hydrogen) atoms. The molecule has 0 unspecified atom stereocenters. The lowest BCUT2D eigenvalue weighted by Crippen LogP contribution is -1.94. The van der Waals surface area contributed by atoms with Crippen molar-refractivity contribution in [2.75, 3.05) is 0 Å². The molecule has 0 saturated heterocycles. The van der Waals surface area contributed by atoms with E-state index in [9.17, 15) is 0 Å². The van der Waals surface area contributed by atoms with Crippen LogP contribution in [-0.2, 0) is 6.42 Å². The van der Waals surface area contributed by atoms with Gasteiger partial charge in [0.05, 0.1) is 5.69 Å². The van der Waals surface area contributed by atoms with Crippen LogP contribution in [0.4, 0.5) is 0 Å². The minimum absolute atomic E-state index is 0.696. The minimum Gasteiger partial charge on any atom is -0.242 e. The highest BCUT2D eigenvalue weighted by molar-refractivity contribution is 5.58. The van der Waals surface area contributed by atoms with E-state index < -0.39 is 0 Å². The first kappa shape index (κ1) is 11.8. The predicted octanol–water partition coefficient (Wildman–Crippen LogP) is 3.65. The first-order valence-corrected chi connectivity index (χ1v) is 6.04. The van der Waals surface area contributed by atoms with Gasteiger partial charge in [-0.05, 0) is 30.9 Å². The quantitative estimate of drug-likeness (QED) is 0.798. The summed E-state index contributed by atoms with van der Waals surface area (Å²) in [6.07, 6.45) is 2.93. The van der Waals surface area contributed by atoms with Crippen LogP contribution >= 0.6 is 0 Å². The van der Waals surface area contributed by atoms with E-state index in [1.807, 2.05) is 13.0 Å². The van der Waals surface area contributed by atoms with Gasteiger partial charge in [-0.15, -0.1) is 0 Å². The van der Waals surface area contributed by atoms with E-state index in [1.165, 1.54) is 5.56 Å². The zero-order valence-corrected chi connectivity index (χ0v) is 10.6. The third-order valence-corrected chi connectivity index (χ3v) is 2.67. The highest BCUT2D eigenvalue weighted by Gasteiger charge is 2.01. The van der Waals surface area contributed by atoms with E-state index in [4.69, 9.17) is 0 Å². The van der Waals surface area contributed by atoms with Crippen molar-refractivity contribution in [1.29, 1.82) is 0 Å². The van der Waals surface area contributed by atoms with Crippen LogP contribution in [0.25, 0.3) is 11.3 Å². The number of hydrogen-bond acceptors (Lipinski definition) is 2. The Bertz CT molecular complexity index is 487. The van der Waals surface area contributed by atoms with Gasteiger partial charge < -0.3 is 0 Å². The Morgan fingerprint density at radius 2 is 1.76 bits per heavy atom. The molecule has 0 aliphatic carbocycles. The Balaban J connectivity index is 2.23. The minimum atomic E-state index is 0.696. The molecule has 1 aromatic carbocycles. The predicted molar refractivity (Wildman–Crippen MR) is 70.7 cm³/mol. The zero-order chi connectivity index (χ0) is 12.3. The van der Waals surface area contributed by atoms with Crippen LogP contribution in [0.2, 0.25) is 0 Å². The third kappa shape index (κ3) is 3.13. The van der Waals surface area contributed by atoms with Crippen molar-refractivity contribution >= 4 is 0 Å². The molecule has 0 bridgehead atoms. The van der Waals surface area contributed by atoms with Crippen molar-refractivity contribution in [2.45, 2.75) is 27.2 Å². The maximum absolute atomic E-state index is 4.42. The molecule has 0 aliphatic rings. The van der Waals surface area contributed by atoms with Crippen molar-refractivity contribution in [2.24, 2.45) is 5.92 Å². The number of aryl methyl sites for hydroxylation is 1. The summed E-state index contributed by atoms with van der Waals surface area (Å²) in [6, 6.07) is 10.6. The first-order chi connectivity index (χ1) is 8.15. The van der Waals surface area contributed by atoms with Crippen LogP contribution in [-0.4, -0.2) is 9.97 Å². The fraction of sp³-hybridized carbons (Fsp3) is 0.333. The molecular formula is C15H18N2. The van der Waals surface area contributed by atoms with Gasteiger partial charge >= 0.3 is 0 Å². The second kappa shape index (κ2) is 5.09. The molecule has 0 fully saturated rings. The second-order valence-electron chi connectivity index (χ2n) is 4.78. The molecule has 2 aromatic rings. The summed E-state index contributed by atoms with van der Waals surface area (Å²) in [5, 5.41) is 0. The second-order valence-corrected chi connectivity index (χ2v) is 4.78. The lowest BCUT2D eigenvalue weighted by Gasteiger charge is -2.06. The van der Waals surface area contributed by atoms with Gasteiger partial charge in [0, 0.05) is 11.8 Å². The number of benzene rings is 1. The summed E-state index contributed by atoms with van der Waals surface area (Å²) in [7, 11) is 0. The van der Waals surface area contributed by atoms with Gasteiger partial charge in [-0.2, -0.15) is 0 Å². The van der Waals surface area contributed by atoms with E-state index in [0.29, 0.717) is 5.92 Å². The summed E-state index contributed by atoms with van der Waals surface area (Å²) in [4.78, 5) is 8.53. The smallest absolute Gasteiger partial charge is 0.125 e. The molecule has 88 valence electrons. The average molecular weight is 226 g/mol. The van der Waals surface area contributed by atoms with E-state index in [2.05, 4.69) is 48.1 Å². The number of nitrogens with zero attached hydrogens (tertiary/aromatic N) is 2. The van der Waals surface area contributed by atoms with Crippen LogP contribution in [0.3, 0.4) is 0 Å². The zero-order valence-electron chi connectivity index (χ0n) is 10.6. The van der Waals surface area contributed by atoms with Crippen molar-refractivity contribution in [1.82, 2.24) is 9.97 Å². The fourth-order valence-corrected chi connectivity index (χ4v) is 1.90. The van der Waals surface area contributed by atoms with Gasteiger partial charge in [-0.1, -0.05) is 38.1 Å². The molecule has 2 heteroatoms. The molecule has 2 rings (SSSR count). The van der Waals surface area contributed by atoms with Crippen LogP contribution in [0.1, 0.15) is 25.2 Å². The van der Waals surface area contributed by atoms with Gasteiger partial charge in [-0.25, -0.2) is 9.97 Å². The molecule has 0 amide bonds. The van der Waals surface area contributed by atoms with Crippen molar-refractivity contribution in [3.8, 4) is 11.3 Å². The van der Waals surface area contributed by atoms with E-state index in [-0.39, 0.29) is 0 Å². The molecule has 1 heterocycles. The van der Waals surface area contributed by atoms with Crippen LogP contribution in [0.15, 0.2) is 36.5 Å². The highest BCUT2D eigenvalue weighted by atomic mass is 14.9. The number of rotatable bonds is 3.